The van der Waals surface area contributed by atoms with Crippen LogP contribution in [0.1, 0.15) is 48.7 Å². The number of ether oxygens (including phenoxy) is 1. The molecule has 2 fully saturated rings. The molecule has 0 amide bonds. The Balaban J connectivity index is 1.32. The van der Waals surface area contributed by atoms with E-state index >= 15 is 0 Å². The highest BCUT2D eigenvalue weighted by Gasteiger charge is 2.32. The van der Waals surface area contributed by atoms with Gasteiger partial charge in [-0.05, 0) is 49.7 Å². The summed E-state index contributed by atoms with van der Waals surface area (Å²) >= 11 is 0. The standard InChI is InChI=1S/C20H27N3O2/c1-2-18(25-7-1)10-22-9-17(13-24-12-16-5-6-16)20-19(11-22)21-14-23(20)8-15-3-4-15/h1-2,7,14-17H,3-6,8-13H2/t17-/m0/s1. The van der Waals surface area contributed by atoms with Gasteiger partial charge in [-0.1, -0.05) is 0 Å². The van der Waals surface area contributed by atoms with E-state index in [9.17, 15) is 0 Å². The molecule has 2 aromatic heterocycles. The predicted molar refractivity (Wildman–Crippen MR) is 94.1 cm³/mol. The average molecular weight is 341 g/mol. The van der Waals surface area contributed by atoms with Crippen molar-refractivity contribution in [2.45, 2.75) is 51.2 Å². The molecular formula is C20H27N3O2. The van der Waals surface area contributed by atoms with Crippen molar-refractivity contribution < 1.29 is 9.15 Å². The van der Waals surface area contributed by atoms with Gasteiger partial charge in [0.15, 0.2) is 0 Å². The van der Waals surface area contributed by atoms with Gasteiger partial charge in [-0.2, -0.15) is 0 Å². The molecule has 5 rings (SSSR count). The summed E-state index contributed by atoms with van der Waals surface area (Å²) in [5.74, 6) is 3.13. The molecule has 0 N–H and O–H groups in total. The van der Waals surface area contributed by atoms with Crippen LogP contribution >= 0.6 is 0 Å². The number of imidazole rings is 1. The van der Waals surface area contributed by atoms with E-state index in [0.29, 0.717) is 5.92 Å². The minimum atomic E-state index is 0.415. The Bertz CT molecular complexity index is 701. The van der Waals surface area contributed by atoms with Crippen LogP contribution in [0.5, 0.6) is 0 Å². The van der Waals surface area contributed by atoms with Crippen LogP contribution in [0.15, 0.2) is 29.1 Å². The maximum absolute atomic E-state index is 6.09. The molecule has 3 heterocycles. The van der Waals surface area contributed by atoms with Gasteiger partial charge in [0, 0.05) is 37.9 Å². The second-order valence-corrected chi connectivity index (χ2v) is 8.10. The maximum Gasteiger partial charge on any atom is 0.117 e. The summed E-state index contributed by atoms with van der Waals surface area (Å²) in [7, 11) is 0. The van der Waals surface area contributed by atoms with Gasteiger partial charge in [0.2, 0.25) is 0 Å². The number of hydrogen-bond donors (Lipinski definition) is 0. The Morgan fingerprint density at radius 3 is 2.80 bits per heavy atom. The Kier molecular flexibility index (Phi) is 4.14. The summed E-state index contributed by atoms with van der Waals surface area (Å²) in [4.78, 5) is 7.20. The first-order chi connectivity index (χ1) is 12.3. The quantitative estimate of drug-likeness (QED) is 0.738. The molecule has 0 spiro atoms. The molecule has 0 saturated heterocycles. The van der Waals surface area contributed by atoms with E-state index in [1.165, 1.54) is 37.1 Å². The second-order valence-electron chi connectivity index (χ2n) is 8.10. The summed E-state index contributed by atoms with van der Waals surface area (Å²) in [5, 5.41) is 0. The van der Waals surface area contributed by atoms with E-state index in [0.717, 1.165) is 57.0 Å². The molecule has 25 heavy (non-hydrogen) atoms. The van der Waals surface area contributed by atoms with Gasteiger partial charge >= 0.3 is 0 Å². The molecule has 5 heteroatoms. The summed E-state index contributed by atoms with van der Waals surface area (Å²) in [6.45, 7) is 5.66. The van der Waals surface area contributed by atoms with E-state index in [-0.39, 0.29) is 0 Å². The normalized spacial score (nSPS) is 23.8. The third kappa shape index (κ3) is 3.67. The highest BCUT2D eigenvalue weighted by Crippen LogP contribution is 2.35. The monoisotopic (exact) mass is 341 g/mol. The number of rotatable bonds is 8. The first-order valence-corrected chi connectivity index (χ1v) is 9.71. The van der Waals surface area contributed by atoms with Gasteiger partial charge < -0.3 is 13.7 Å². The average Bonchev–Trinajstić information content (AvgIpc) is 3.51. The van der Waals surface area contributed by atoms with Gasteiger partial charge in [0.1, 0.15) is 5.76 Å². The zero-order valence-electron chi connectivity index (χ0n) is 14.8. The fraction of sp³-hybridized carbons (Fsp3) is 0.650. The zero-order valence-corrected chi connectivity index (χ0v) is 14.8. The minimum absolute atomic E-state index is 0.415. The van der Waals surface area contributed by atoms with Gasteiger partial charge in [-0.3, -0.25) is 4.90 Å². The Morgan fingerprint density at radius 2 is 2.04 bits per heavy atom. The van der Waals surface area contributed by atoms with Crippen molar-refractivity contribution in [1.29, 1.82) is 0 Å². The molecule has 1 atom stereocenters. The van der Waals surface area contributed by atoms with Crippen LogP contribution in [-0.4, -0.2) is 34.2 Å². The summed E-state index contributed by atoms with van der Waals surface area (Å²) < 4.78 is 14.1. The highest BCUT2D eigenvalue weighted by molar-refractivity contribution is 5.22. The molecule has 0 radical (unpaired) electrons. The van der Waals surface area contributed by atoms with Crippen molar-refractivity contribution in [3.63, 3.8) is 0 Å². The first-order valence-electron chi connectivity index (χ1n) is 9.71. The molecule has 5 nitrogen and oxygen atoms in total. The predicted octanol–water partition coefficient (Wildman–Crippen LogP) is 3.41. The molecule has 0 bridgehead atoms. The van der Waals surface area contributed by atoms with Crippen molar-refractivity contribution in [2.24, 2.45) is 11.8 Å². The second kappa shape index (κ2) is 6.61. The smallest absolute Gasteiger partial charge is 0.117 e. The van der Waals surface area contributed by atoms with Crippen LogP contribution in [0.4, 0.5) is 0 Å². The van der Waals surface area contributed by atoms with Crippen LogP contribution < -0.4 is 0 Å². The minimum Gasteiger partial charge on any atom is -0.468 e. The summed E-state index contributed by atoms with van der Waals surface area (Å²) in [5.41, 5.74) is 2.66. The molecule has 3 aliphatic rings. The van der Waals surface area contributed by atoms with Gasteiger partial charge in [-0.15, -0.1) is 0 Å². The van der Waals surface area contributed by atoms with Crippen molar-refractivity contribution in [2.75, 3.05) is 19.8 Å². The first kappa shape index (κ1) is 15.6. The lowest BCUT2D eigenvalue weighted by molar-refractivity contribution is 0.0847. The third-order valence-electron chi connectivity index (χ3n) is 5.68. The van der Waals surface area contributed by atoms with Crippen molar-refractivity contribution in [1.82, 2.24) is 14.5 Å². The van der Waals surface area contributed by atoms with Crippen molar-refractivity contribution >= 4 is 0 Å². The molecule has 1 aliphatic heterocycles. The molecular weight excluding hydrogens is 314 g/mol. The van der Waals surface area contributed by atoms with Crippen LogP contribution in [0.2, 0.25) is 0 Å². The summed E-state index contributed by atoms with van der Waals surface area (Å²) in [6, 6.07) is 4.02. The topological polar surface area (TPSA) is 43.4 Å². The molecule has 2 aliphatic carbocycles. The Labute approximate surface area is 149 Å². The molecule has 134 valence electrons. The van der Waals surface area contributed by atoms with Gasteiger partial charge in [-0.25, -0.2) is 4.98 Å². The highest BCUT2D eigenvalue weighted by atomic mass is 16.5. The lowest BCUT2D eigenvalue weighted by Crippen LogP contribution is -2.36. The van der Waals surface area contributed by atoms with Crippen molar-refractivity contribution in [3.05, 3.63) is 41.9 Å². The van der Waals surface area contributed by atoms with E-state index in [4.69, 9.17) is 14.1 Å². The Morgan fingerprint density at radius 1 is 1.16 bits per heavy atom. The van der Waals surface area contributed by atoms with E-state index in [1.807, 2.05) is 6.07 Å². The zero-order chi connectivity index (χ0) is 16.6. The van der Waals surface area contributed by atoms with Crippen LogP contribution in [0.3, 0.4) is 0 Å². The number of hydrogen-bond acceptors (Lipinski definition) is 4. The largest absolute Gasteiger partial charge is 0.468 e. The molecule has 0 unspecified atom stereocenters. The lowest BCUT2D eigenvalue weighted by atomic mass is 9.98. The van der Waals surface area contributed by atoms with Crippen LogP contribution in [-0.2, 0) is 24.4 Å². The van der Waals surface area contributed by atoms with E-state index in [2.05, 4.69) is 21.9 Å². The van der Waals surface area contributed by atoms with Gasteiger partial charge in [0.25, 0.3) is 0 Å². The number of furan rings is 1. The number of nitrogens with zero attached hydrogens (tertiary/aromatic N) is 3. The van der Waals surface area contributed by atoms with E-state index in [1.54, 1.807) is 6.26 Å². The van der Waals surface area contributed by atoms with Gasteiger partial charge in [0.05, 0.1) is 31.4 Å². The van der Waals surface area contributed by atoms with Crippen LogP contribution in [0.25, 0.3) is 0 Å². The SMILES string of the molecule is c1coc(CN2Cc3ncn(CC4CC4)c3[C@H](COCC3CC3)C2)c1. The molecule has 0 aromatic carbocycles. The van der Waals surface area contributed by atoms with E-state index < -0.39 is 0 Å². The van der Waals surface area contributed by atoms with Crippen molar-refractivity contribution in [3.8, 4) is 0 Å². The lowest BCUT2D eigenvalue weighted by Gasteiger charge is -2.32. The summed E-state index contributed by atoms with van der Waals surface area (Å²) in [6.07, 6.45) is 9.26. The van der Waals surface area contributed by atoms with Crippen LogP contribution in [0, 0.1) is 11.8 Å². The third-order valence-corrected chi connectivity index (χ3v) is 5.68. The molecule has 2 saturated carbocycles. The number of fused-ring (bicyclic) bond motifs is 1. The number of aromatic nitrogens is 2. The molecule has 2 aromatic rings. The maximum atomic E-state index is 6.09. The Hall–Kier alpha value is -1.59. The fourth-order valence-corrected chi connectivity index (χ4v) is 3.96. The fourth-order valence-electron chi connectivity index (χ4n) is 3.96.